The Morgan fingerprint density at radius 3 is 2.79 bits per heavy atom. The minimum Gasteiger partial charge on any atom is -0.370 e. The van der Waals surface area contributed by atoms with Crippen molar-refractivity contribution < 1.29 is 17.7 Å². The van der Waals surface area contributed by atoms with Crippen LogP contribution in [0.3, 0.4) is 0 Å². The van der Waals surface area contributed by atoms with E-state index in [-0.39, 0.29) is 17.8 Å². The van der Waals surface area contributed by atoms with Crippen molar-refractivity contribution in [2.45, 2.75) is 45.8 Å². The maximum atomic E-state index is 13.1. The van der Waals surface area contributed by atoms with E-state index >= 15 is 0 Å². The van der Waals surface area contributed by atoms with E-state index in [0.29, 0.717) is 12.2 Å². The molecular formula is C18H20F3N7O. The topological polar surface area (TPSA) is 93.7 Å². The number of aromatic nitrogens is 5. The van der Waals surface area contributed by atoms with E-state index < -0.39 is 11.7 Å². The summed E-state index contributed by atoms with van der Waals surface area (Å²) < 4.78 is 46.7. The summed E-state index contributed by atoms with van der Waals surface area (Å²) >= 11 is 0. The SMILES string of the molecule is CCNc1nc(Nc2cnn([C@@H]3CCc4c(C)noc43)c2C)ncc1C(F)(F)F. The quantitative estimate of drug-likeness (QED) is 0.660. The van der Waals surface area contributed by atoms with Gasteiger partial charge in [0.25, 0.3) is 0 Å². The third-order valence-electron chi connectivity index (χ3n) is 5.01. The Labute approximate surface area is 164 Å². The molecule has 0 spiro atoms. The average molecular weight is 407 g/mol. The van der Waals surface area contributed by atoms with Crippen LogP contribution in [0.1, 0.15) is 47.7 Å². The molecule has 0 aliphatic heterocycles. The van der Waals surface area contributed by atoms with Crippen LogP contribution in [-0.2, 0) is 12.6 Å². The fraction of sp³-hybridized carbons (Fsp3) is 0.444. The highest BCUT2D eigenvalue weighted by Crippen LogP contribution is 2.38. The monoisotopic (exact) mass is 407 g/mol. The van der Waals surface area contributed by atoms with Crippen LogP contribution in [0.4, 0.5) is 30.6 Å². The van der Waals surface area contributed by atoms with Gasteiger partial charge in [-0.3, -0.25) is 4.68 Å². The van der Waals surface area contributed by atoms with E-state index in [1.165, 1.54) is 0 Å². The Bertz CT molecular complexity index is 1040. The largest absolute Gasteiger partial charge is 0.421 e. The maximum absolute atomic E-state index is 13.1. The van der Waals surface area contributed by atoms with Gasteiger partial charge in [-0.15, -0.1) is 0 Å². The maximum Gasteiger partial charge on any atom is 0.421 e. The highest BCUT2D eigenvalue weighted by atomic mass is 19.4. The van der Waals surface area contributed by atoms with Crippen molar-refractivity contribution in [2.75, 3.05) is 17.2 Å². The molecule has 1 aliphatic rings. The summed E-state index contributed by atoms with van der Waals surface area (Å²) in [5, 5.41) is 14.1. The number of alkyl halides is 3. The van der Waals surface area contributed by atoms with Gasteiger partial charge in [-0.05, 0) is 33.6 Å². The van der Waals surface area contributed by atoms with E-state index in [0.717, 1.165) is 41.8 Å². The first-order valence-corrected chi connectivity index (χ1v) is 9.23. The molecule has 1 aliphatic carbocycles. The number of hydrogen-bond donors (Lipinski definition) is 2. The van der Waals surface area contributed by atoms with Gasteiger partial charge in [-0.25, -0.2) is 4.98 Å². The van der Waals surface area contributed by atoms with E-state index in [4.69, 9.17) is 4.52 Å². The molecule has 0 aromatic carbocycles. The number of fused-ring (bicyclic) bond motifs is 1. The molecule has 2 N–H and O–H groups in total. The van der Waals surface area contributed by atoms with Crippen LogP contribution in [0.2, 0.25) is 0 Å². The molecule has 3 aromatic heterocycles. The first-order valence-electron chi connectivity index (χ1n) is 9.23. The molecule has 0 saturated heterocycles. The summed E-state index contributed by atoms with van der Waals surface area (Å²) in [5.74, 6) is 0.597. The van der Waals surface area contributed by atoms with Crippen molar-refractivity contribution >= 4 is 17.5 Å². The number of aryl methyl sites for hydroxylation is 1. The van der Waals surface area contributed by atoms with Gasteiger partial charge in [0.2, 0.25) is 5.95 Å². The second kappa shape index (κ2) is 7.05. The highest BCUT2D eigenvalue weighted by Gasteiger charge is 2.35. The Kier molecular flexibility index (Phi) is 4.67. The fourth-order valence-electron chi connectivity index (χ4n) is 3.55. The van der Waals surface area contributed by atoms with Crippen LogP contribution in [0.15, 0.2) is 16.9 Å². The molecule has 154 valence electrons. The molecule has 0 fully saturated rings. The Balaban J connectivity index is 1.61. The molecular weight excluding hydrogens is 387 g/mol. The molecule has 0 saturated carbocycles. The second-order valence-corrected chi connectivity index (χ2v) is 6.86. The van der Waals surface area contributed by atoms with Gasteiger partial charge in [0.15, 0.2) is 5.76 Å². The molecule has 3 heterocycles. The number of nitrogens with one attached hydrogen (secondary N) is 2. The second-order valence-electron chi connectivity index (χ2n) is 6.86. The molecule has 0 bridgehead atoms. The van der Waals surface area contributed by atoms with Gasteiger partial charge < -0.3 is 15.2 Å². The third-order valence-corrected chi connectivity index (χ3v) is 5.01. The minimum absolute atomic E-state index is 0.0548. The number of rotatable bonds is 5. The standard InChI is InChI=1S/C18H20F3N7O/c1-4-22-16-12(18(19,20)21)7-23-17(26-16)25-13-8-24-28(10(13)3)14-6-5-11-9(2)27-29-15(11)14/h7-8,14H,4-6H2,1-3H3,(H2,22,23,25,26)/t14-/m1/s1. The normalized spacial score (nSPS) is 16.1. The number of hydrogen-bond acceptors (Lipinski definition) is 7. The third kappa shape index (κ3) is 3.40. The van der Waals surface area contributed by atoms with E-state index in [2.05, 4.69) is 30.9 Å². The van der Waals surface area contributed by atoms with Crippen molar-refractivity contribution in [3.05, 3.63) is 40.7 Å². The van der Waals surface area contributed by atoms with Crippen LogP contribution in [0.5, 0.6) is 0 Å². The molecule has 11 heteroatoms. The van der Waals surface area contributed by atoms with Crippen molar-refractivity contribution in [3.8, 4) is 0 Å². The van der Waals surface area contributed by atoms with Crippen LogP contribution in [0.25, 0.3) is 0 Å². The summed E-state index contributed by atoms with van der Waals surface area (Å²) in [6.45, 7) is 5.78. The van der Waals surface area contributed by atoms with Gasteiger partial charge in [0.1, 0.15) is 17.4 Å². The zero-order valence-electron chi connectivity index (χ0n) is 16.1. The zero-order valence-corrected chi connectivity index (χ0v) is 16.1. The van der Waals surface area contributed by atoms with E-state index in [1.54, 1.807) is 13.1 Å². The lowest BCUT2D eigenvalue weighted by Crippen LogP contribution is -2.14. The van der Waals surface area contributed by atoms with Crippen molar-refractivity contribution in [1.29, 1.82) is 0 Å². The smallest absolute Gasteiger partial charge is 0.370 e. The fourth-order valence-corrected chi connectivity index (χ4v) is 3.55. The molecule has 29 heavy (non-hydrogen) atoms. The Morgan fingerprint density at radius 2 is 2.07 bits per heavy atom. The lowest BCUT2D eigenvalue weighted by molar-refractivity contribution is -0.137. The number of halogens is 3. The predicted octanol–water partition coefficient (Wildman–Crippen LogP) is 4.01. The van der Waals surface area contributed by atoms with Crippen LogP contribution < -0.4 is 10.6 Å². The molecule has 4 rings (SSSR count). The first-order chi connectivity index (χ1) is 13.8. The molecule has 0 amide bonds. The molecule has 0 unspecified atom stereocenters. The molecule has 1 atom stereocenters. The van der Waals surface area contributed by atoms with Crippen molar-refractivity contribution in [2.24, 2.45) is 0 Å². The first kappa shape index (κ1) is 19.2. The Morgan fingerprint density at radius 1 is 1.28 bits per heavy atom. The summed E-state index contributed by atoms with van der Waals surface area (Å²) in [6, 6.07) is -0.0624. The summed E-state index contributed by atoms with van der Waals surface area (Å²) in [7, 11) is 0. The molecule has 0 radical (unpaired) electrons. The lowest BCUT2D eigenvalue weighted by Gasteiger charge is -2.14. The van der Waals surface area contributed by atoms with Gasteiger partial charge in [-0.1, -0.05) is 5.16 Å². The van der Waals surface area contributed by atoms with Gasteiger partial charge in [-0.2, -0.15) is 23.3 Å². The van der Waals surface area contributed by atoms with Crippen molar-refractivity contribution in [1.82, 2.24) is 24.9 Å². The number of anilines is 3. The van der Waals surface area contributed by atoms with Gasteiger partial charge >= 0.3 is 6.18 Å². The van der Waals surface area contributed by atoms with Crippen LogP contribution in [-0.4, -0.2) is 31.4 Å². The van der Waals surface area contributed by atoms with E-state index in [9.17, 15) is 13.2 Å². The van der Waals surface area contributed by atoms with E-state index in [1.807, 2.05) is 18.5 Å². The van der Waals surface area contributed by atoms with Gasteiger partial charge in [0, 0.05) is 18.3 Å². The molecule has 8 nitrogen and oxygen atoms in total. The predicted molar refractivity (Wildman–Crippen MR) is 99.1 cm³/mol. The zero-order chi connectivity index (χ0) is 20.8. The highest BCUT2D eigenvalue weighted by molar-refractivity contribution is 5.58. The summed E-state index contributed by atoms with van der Waals surface area (Å²) in [6.07, 6.45) is -0.448. The summed E-state index contributed by atoms with van der Waals surface area (Å²) in [4.78, 5) is 7.82. The van der Waals surface area contributed by atoms with Crippen molar-refractivity contribution in [3.63, 3.8) is 0 Å². The Hall–Kier alpha value is -3.11. The van der Waals surface area contributed by atoms with Crippen LogP contribution in [0, 0.1) is 13.8 Å². The van der Waals surface area contributed by atoms with Crippen LogP contribution >= 0.6 is 0 Å². The molecule has 3 aromatic rings. The van der Waals surface area contributed by atoms with Gasteiger partial charge in [0.05, 0.1) is 23.3 Å². The number of nitrogens with zero attached hydrogens (tertiary/aromatic N) is 5. The minimum atomic E-state index is -4.54. The summed E-state index contributed by atoms with van der Waals surface area (Å²) in [5.41, 5.74) is 2.50. The lowest BCUT2D eigenvalue weighted by atomic mass is 10.2. The average Bonchev–Trinajstić information content (AvgIpc) is 3.33.